The Bertz CT molecular complexity index is 325. The van der Waals surface area contributed by atoms with Crippen LogP contribution < -0.4 is 0 Å². The van der Waals surface area contributed by atoms with E-state index in [0.717, 1.165) is 12.8 Å². The number of aliphatic hydroxyl groups is 1. The summed E-state index contributed by atoms with van der Waals surface area (Å²) in [5, 5.41) is 10.6. The van der Waals surface area contributed by atoms with Crippen molar-refractivity contribution in [2.75, 3.05) is 0 Å². The first kappa shape index (κ1) is 9.25. The molecule has 1 aliphatic rings. The van der Waals surface area contributed by atoms with Gasteiger partial charge in [0.15, 0.2) is 0 Å². The van der Waals surface area contributed by atoms with Crippen molar-refractivity contribution in [1.29, 1.82) is 0 Å². The molecule has 0 bridgehead atoms. The molecule has 1 N–H and O–H groups in total. The second-order valence-corrected chi connectivity index (χ2v) is 4.11. The van der Waals surface area contributed by atoms with E-state index in [0.29, 0.717) is 21.7 Å². The first-order chi connectivity index (χ1) is 6.18. The van der Waals surface area contributed by atoms with E-state index in [-0.39, 0.29) is 0 Å². The van der Waals surface area contributed by atoms with Gasteiger partial charge in [-0.05, 0) is 24.8 Å². The number of halogens is 2. The second kappa shape index (κ2) is 3.45. The predicted molar refractivity (Wildman–Crippen MR) is 51.9 cm³/mol. The Morgan fingerprint density at radius 3 is 2.77 bits per heavy atom. The summed E-state index contributed by atoms with van der Waals surface area (Å²) in [6.07, 6.45) is 3.10. The molecule has 1 saturated carbocycles. The van der Waals surface area contributed by atoms with Gasteiger partial charge in [0.25, 0.3) is 0 Å². The van der Waals surface area contributed by atoms with Gasteiger partial charge in [-0.1, -0.05) is 23.2 Å². The van der Waals surface area contributed by atoms with Crippen molar-refractivity contribution in [3.63, 3.8) is 0 Å². The van der Waals surface area contributed by atoms with E-state index in [4.69, 9.17) is 23.2 Å². The Hall–Kier alpha value is -0.310. The Morgan fingerprint density at radius 1 is 1.46 bits per heavy atom. The number of nitrogens with zero attached hydrogens (tertiary/aromatic N) is 1. The largest absolute Gasteiger partial charge is 0.388 e. The van der Waals surface area contributed by atoms with Gasteiger partial charge < -0.3 is 5.11 Å². The van der Waals surface area contributed by atoms with Crippen LogP contribution in [-0.4, -0.2) is 10.1 Å². The zero-order valence-electron chi connectivity index (χ0n) is 6.87. The van der Waals surface area contributed by atoms with E-state index in [2.05, 4.69) is 4.98 Å². The molecule has 13 heavy (non-hydrogen) atoms. The maximum absolute atomic E-state index is 9.78. The molecule has 0 spiro atoms. The zero-order valence-corrected chi connectivity index (χ0v) is 8.39. The van der Waals surface area contributed by atoms with Crippen molar-refractivity contribution in [2.45, 2.75) is 18.9 Å². The summed E-state index contributed by atoms with van der Waals surface area (Å²) in [6.45, 7) is 0. The van der Waals surface area contributed by atoms with E-state index < -0.39 is 6.10 Å². The molecule has 2 rings (SSSR count). The highest BCUT2D eigenvalue weighted by Crippen LogP contribution is 2.42. The minimum atomic E-state index is -0.501. The predicted octanol–water partition coefficient (Wildman–Crippen LogP) is 2.83. The van der Waals surface area contributed by atoms with Crippen LogP contribution in [0.15, 0.2) is 12.3 Å². The number of rotatable bonds is 2. The second-order valence-electron chi connectivity index (χ2n) is 3.32. The van der Waals surface area contributed by atoms with Crippen LogP contribution in [-0.2, 0) is 0 Å². The van der Waals surface area contributed by atoms with Gasteiger partial charge in [-0.2, -0.15) is 0 Å². The Kier molecular flexibility index (Phi) is 2.45. The van der Waals surface area contributed by atoms with Crippen molar-refractivity contribution < 1.29 is 5.11 Å². The van der Waals surface area contributed by atoms with Crippen molar-refractivity contribution in [2.24, 2.45) is 5.92 Å². The first-order valence-electron chi connectivity index (χ1n) is 4.17. The summed E-state index contributed by atoms with van der Waals surface area (Å²) in [5.41, 5.74) is 0.650. The minimum Gasteiger partial charge on any atom is -0.388 e. The highest BCUT2D eigenvalue weighted by Gasteiger charge is 2.32. The third-order valence-corrected chi connectivity index (χ3v) is 2.74. The van der Waals surface area contributed by atoms with Crippen LogP contribution in [0, 0.1) is 5.92 Å². The number of hydrogen-bond acceptors (Lipinski definition) is 2. The summed E-state index contributed by atoms with van der Waals surface area (Å²) in [7, 11) is 0. The van der Waals surface area contributed by atoms with Crippen LogP contribution in [0.4, 0.5) is 0 Å². The quantitative estimate of drug-likeness (QED) is 0.774. The highest BCUT2D eigenvalue weighted by atomic mass is 35.5. The Morgan fingerprint density at radius 2 is 2.15 bits per heavy atom. The lowest BCUT2D eigenvalue weighted by Gasteiger charge is -2.10. The van der Waals surface area contributed by atoms with Crippen molar-refractivity contribution in [3.8, 4) is 0 Å². The zero-order chi connectivity index (χ0) is 9.42. The number of pyridine rings is 1. The summed E-state index contributed by atoms with van der Waals surface area (Å²) >= 11 is 11.6. The number of hydrogen-bond donors (Lipinski definition) is 1. The third-order valence-electron chi connectivity index (χ3n) is 2.22. The van der Waals surface area contributed by atoms with Crippen LogP contribution in [0.5, 0.6) is 0 Å². The fraction of sp³-hybridized carbons (Fsp3) is 0.444. The molecule has 1 unspecified atom stereocenters. The van der Waals surface area contributed by atoms with Gasteiger partial charge in [0.05, 0.1) is 11.1 Å². The lowest BCUT2D eigenvalue weighted by atomic mass is 10.1. The first-order valence-corrected chi connectivity index (χ1v) is 4.93. The average Bonchev–Trinajstić information content (AvgIpc) is 2.91. The molecule has 2 nitrogen and oxygen atoms in total. The number of aromatic nitrogens is 1. The van der Waals surface area contributed by atoms with Crippen molar-refractivity contribution in [3.05, 3.63) is 28.0 Å². The molecular formula is C9H9Cl2NO. The molecular weight excluding hydrogens is 209 g/mol. The van der Waals surface area contributed by atoms with Gasteiger partial charge >= 0.3 is 0 Å². The molecule has 1 fully saturated rings. The van der Waals surface area contributed by atoms with Gasteiger partial charge in [0, 0.05) is 11.8 Å². The van der Waals surface area contributed by atoms with Crippen LogP contribution in [0.1, 0.15) is 24.5 Å². The molecule has 1 atom stereocenters. The fourth-order valence-corrected chi connectivity index (χ4v) is 1.69. The molecule has 0 saturated heterocycles. The lowest BCUT2D eigenvalue weighted by Crippen LogP contribution is -2.01. The van der Waals surface area contributed by atoms with E-state index in [1.54, 1.807) is 6.07 Å². The lowest BCUT2D eigenvalue weighted by molar-refractivity contribution is 0.153. The number of aliphatic hydroxyl groups excluding tert-OH is 1. The summed E-state index contributed by atoms with van der Waals surface area (Å²) in [4.78, 5) is 3.88. The molecule has 70 valence electrons. The topological polar surface area (TPSA) is 33.1 Å². The van der Waals surface area contributed by atoms with Crippen molar-refractivity contribution >= 4 is 23.2 Å². The SMILES string of the molecule is OC(c1cc(Cl)cnc1Cl)C1CC1. The van der Waals surface area contributed by atoms with Gasteiger partial charge in [-0.3, -0.25) is 0 Å². The average molecular weight is 218 g/mol. The standard InChI is InChI=1S/C9H9Cl2NO/c10-6-3-7(9(11)12-4-6)8(13)5-1-2-5/h3-5,8,13H,1-2H2. The Balaban J connectivity index is 2.31. The maximum atomic E-state index is 9.78. The van der Waals surface area contributed by atoms with Gasteiger partial charge in [0.2, 0.25) is 0 Å². The molecule has 1 aromatic rings. The summed E-state index contributed by atoms with van der Waals surface area (Å²) in [5.74, 6) is 0.345. The van der Waals surface area contributed by atoms with E-state index in [1.807, 2.05) is 0 Å². The molecule has 4 heteroatoms. The molecule has 1 aromatic heterocycles. The van der Waals surface area contributed by atoms with Crippen molar-refractivity contribution in [1.82, 2.24) is 4.98 Å². The fourth-order valence-electron chi connectivity index (χ4n) is 1.31. The van der Waals surface area contributed by atoms with Gasteiger partial charge in [0.1, 0.15) is 5.15 Å². The molecule has 0 amide bonds. The smallest absolute Gasteiger partial charge is 0.134 e. The van der Waals surface area contributed by atoms with E-state index >= 15 is 0 Å². The van der Waals surface area contributed by atoms with E-state index in [9.17, 15) is 5.11 Å². The molecule has 0 radical (unpaired) electrons. The molecule has 0 aromatic carbocycles. The van der Waals surface area contributed by atoms with Crippen LogP contribution in [0.25, 0.3) is 0 Å². The third kappa shape index (κ3) is 1.96. The van der Waals surface area contributed by atoms with Gasteiger partial charge in [-0.15, -0.1) is 0 Å². The summed E-state index contributed by atoms with van der Waals surface area (Å²) < 4.78 is 0. The van der Waals surface area contributed by atoms with Crippen LogP contribution in [0.3, 0.4) is 0 Å². The Labute approximate surface area is 86.5 Å². The maximum Gasteiger partial charge on any atom is 0.134 e. The van der Waals surface area contributed by atoms with Crippen LogP contribution >= 0.6 is 23.2 Å². The monoisotopic (exact) mass is 217 g/mol. The highest BCUT2D eigenvalue weighted by molar-refractivity contribution is 6.32. The van der Waals surface area contributed by atoms with Gasteiger partial charge in [-0.25, -0.2) is 4.98 Å². The van der Waals surface area contributed by atoms with Crippen LogP contribution in [0.2, 0.25) is 10.2 Å². The molecule has 0 aliphatic heterocycles. The normalized spacial score (nSPS) is 18.7. The molecule has 1 heterocycles. The summed E-state index contributed by atoms with van der Waals surface area (Å²) in [6, 6.07) is 1.68. The molecule has 1 aliphatic carbocycles. The minimum absolute atomic E-state index is 0.345. The van der Waals surface area contributed by atoms with E-state index in [1.165, 1.54) is 6.20 Å².